The maximum Gasteiger partial charge on any atom is 0.407 e. The van der Waals surface area contributed by atoms with Crippen LogP contribution in [0.4, 0.5) is 4.79 Å². The van der Waals surface area contributed by atoms with E-state index in [4.69, 9.17) is 14.5 Å². The van der Waals surface area contributed by atoms with Crippen LogP contribution in [-0.4, -0.2) is 32.6 Å². The highest BCUT2D eigenvalue weighted by Gasteiger charge is 2.56. The molecule has 12 heteroatoms. The zero-order valence-corrected chi connectivity index (χ0v) is 15.6. The lowest BCUT2D eigenvalue weighted by Gasteiger charge is -2.53. The van der Waals surface area contributed by atoms with Crippen LogP contribution in [0.3, 0.4) is 0 Å². The minimum absolute atomic E-state index is 0.101. The highest BCUT2D eigenvalue weighted by Crippen LogP contribution is 2.69. The highest BCUT2D eigenvalue weighted by atomic mass is 31.3. The smallest absolute Gasteiger partial charge is 0.407 e. The molecule has 1 aromatic rings. The van der Waals surface area contributed by atoms with Crippen molar-refractivity contribution in [2.24, 2.45) is 0 Å². The molecule has 0 heterocycles. The van der Waals surface area contributed by atoms with Crippen molar-refractivity contribution in [2.45, 2.75) is 37.4 Å². The van der Waals surface area contributed by atoms with E-state index in [1.54, 1.807) is 24.3 Å². The molecule has 1 aromatic carbocycles. The monoisotopic (exact) mass is 409 g/mol. The molecule has 26 heavy (non-hydrogen) atoms. The Hall–Kier alpha value is -0.930. The van der Waals surface area contributed by atoms with Crippen LogP contribution in [0.15, 0.2) is 30.3 Å². The average Bonchev–Trinajstić information content (AvgIpc) is 2.54. The summed E-state index contributed by atoms with van der Waals surface area (Å²) >= 11 is 0. The molecule has 0 fully saturated rings. The zero-order chi connectivity index (χ0) is 19.8. The van der Waals surface area contributed by atoms with Gasteiger partial charge in [-0.05, 0) is 18.4 Å². The first-order valence-corrected chi connectivity index (χ1v) is 10.9. The second-order valence-electron chi connectivity index (χ2n) is 5.62. The number of unbranched alkanes of at least 4 members (excludes halogenated alkanes) is 2. The topological polar surface area (TPSA) is 191 Å². The maximum atomic E-state index is 11.5. The van der Waals surface area contributed by atoms with Crippen molar-refractivity contribution in [1.29, 1.82) is 0 Å². The van der Waals surface area contributed by atoms with E-state index < -0.39 is 33.5 Å². The predicted molar refractivity (Wildman–Crippen MR) is 86.3 cm³/mol. The van der Waals surface area contributed by atoms with Crippen molar-refractivity contribution >= 4 is 22.0 Å². The molecule has 1 atom stereocenters. The third-order valence-electron chi connectivity index (χ3n) is 3.58. The molecule has 0 saturated carbocycles. The molecule has 1 amide bonds. The Morgan fingerprint density at radius 2 is 1.69 bits per heavy atom. The van der Waals surface area contributed by atoms with Gasteiger partial charge in [0.05, 0.1) is 6.42 Å². The summed E-state index contributed by atoms with van der Waals surface area (Å²) in [4.78, 5) is 73.3. The number of benzene rings is 1. The van der Waals surface area contributed by atoms with Gasteiger partial charge in [0.25, 0.3) is 0 Å². The fourth-order valence-electron chi connectivity index (χ4n) is 2.07. The zero-order valence-electron chi connectivity index (χ0n) is 13.8. The number of ether oxygens (including phenoxy) is 1. The van der Waals surface area contributed by atoms with E-state index in [1.165, 1.54) is 0 Å². The highest BCUT2D eigenvalue weighted by molar-refractivity contribution is 7.75. The van der Waals surface area contributed by atoms with E-state index in [-0.39, 0.29) is 26.0 Å². The minimum atomic E-state index is -5.92. The molecule has 4 N–H and O–H groups in total. The summed E-state index contributed by atoms with van der Waals surface area (Å²) in [5, 5.41) is 8.41. The van der Waals surface area contributed by atoms with Crippen LogP contribution in [0, 0.1) is 0 Å². The third-order valence-corrected chi connectivity index (χ3v) is 7.35. The number of hydrogen-bond acceptors (Lipinski definition) is 9. The summed E-state index contributed by atoms with van der Waals surface area (Å²) in [5.41, 5.74) is 0.819. The molecule has 0 radical (unpaired) electrons. The Kier molecular flexibility index (Phi) is 8.75. The fraction of sp³-hybridized carbons (Fsp3) is 0.500. The largest absolute Gasteiger partial charge is 0.682 e. The Bertz CT molecular complexity index is 546. The van der Waals surface area contributed by atoms with E-state index in [0.29, 0.717) is 6.42 Å². The van der Waals surface area contributed by atoms with Gasteiger partial charge in [0.1, 0.15) is 6.61 Å². The van der Waals surface area contributed by atoms with Gasteiger partial charge in [0.2, 0.25) is 0 Å². The first-order valence-electron chi connectivity index (χ1n) is 7.72. The van der Waals surface area contributed by atoms with E-state index in [9.17, 15) is 29.5 Å². The first-order chi connectivity index (χ1) is 12.0. The number of carbonyl (C=O) groups is 1. The summed E-state index contributed by atoms with van der Waals surface area (Å²) < 4.78 is 4.97. The molecular weight excluding hydrogens is 388 g/mol. The van der Waals surface area contributed by atoms with Crippen LogP contribution in [-0.2, 0) is 11.3 Å². The second kappa shape index (κ2) is 9.85. The Morgan fingerprint density at radius 3 is 2.23 bits per heavy atom. The molecule has 0 aliphatic carbocycles. The van der Waals surface area contributed by atoms with Crippen LogP contribution in [0.5, 0.6) is 0 Å². The van der Waals surface area contributed by atoms with Crippen molar-refractivity contribution in [3.05, 3.63) is 35.9 Å². The lowest BCUT2D eigenvalue weighted by molar-refractivity contribution is -0.440. The first kappa shape index (κ1) is 23.1. The quantitative estimate of drug-likeness (QED) is 0.252. The van der Waals surface area contributed by atoms with E-state index in [1.807, 2.05) is 6.07 Å². The molecule has 10 nitrogen and oxygen atoms in total. The summed E-state index contributed by atoms with van der Waals surface area (Å²) in [6, 6.07) is 9.02. The van der Waals surface area contributed by atoms with Crippen LogP contribution in [0.25, 0.3) is 0 Å². The van der Waals surface area contributed by atoms with Gasteiger partial charge >= 0.3 is 19.1 Å². The number of carbonyl (C=O) groups excluding carboxylic acids is 1. The lowest BCUT2D eigenvalue weighted by Crippen LogP contribution is -2.53. The summed E-state index contributed by atoms with van der Waals surface area (Å²) in [6.45, 7) is 0.276. The van der Waals surface area contributed by atoms with E-state index >= 15 is 0 Å². The van der Waals surface area contributed by atoms with E-state index in [0.717, 1.165) is 5.56 Å². The van der Waals surface area contributed by atoms with Gasteiger partial charge in [-0.15, -0.1) is 0 Å². The standard InChI is InChI=1S/C14H23NO9P2/c16-13(24-11-12-7-3-1-4-8-12)15-10-6-2-5-9-14(17,25(18,19)20)26(21,22)23/h1,3-4,7-8,17H,2,5-6,9-11H2,(H,15,16)(H2,18,19,20)(H2,21,22,23)/p-2. The second-order valence-corrected chi connectivity index (χ2v) is 9.53. The van der Waals surface area contributed by atoms with Gasteiger partial charge in [0.15, 0.2) is 0 Å². The molecule has 1 rings (SSSR count). The summed E-state index contributed by atoms with van der Waals surface area (Å²) in [6.07, 6.45) is -1.11. The number of hydrogen-bond donors (Lipinski definition) is 4. The van der Waals surface area contributed by atoms with Crippen molar-refractivity contribution < 1.29 is 44.0 Å². The lowest BCUT2D eigenvalue weighted by atomic mass is 10.2. The maximum absolute atomic E-state index is 11.5. The summed E-state index contributed by atoms with van der Waals surface area (Å²) in [5.74, 6) is 0. The molecular formula is C14H21NO9P2-2. The third kappa shape index (κ3) is 7.00. The van der Waals surface area contributed by atoms with Gasteiger partial charge < -0.3 is 34.7 Å². The van der Waals surface area contributed by atoms with Gasteiger partial charge in [-0.1, -0.05) is 44.7 Å². The number of alkyl carbamates (subject to hydrolysis) is 1. The van der Waals surface area contributed by atoms with Gasteiger partial charge in [0, 0.05) is 6.54 Å². The van der Waals surface area contributed by atoms with Crippen molar-refractivity contribution in [3.63, 3.8) is 0 Å². The number of rotatable bonds is 10. The van der Waals surface area contributed by atoms with E-state index in [2.05, 4.69) is 5.32 Å². The molecule has 0 saturated heterocycles. The van der Waals surface area contributed by atoms with Gasteiger partial charge in [-0.3, -0.25) is 0 Å². The normalized spacial score (nSPS) is 14.6. The number of aliphatic hydroxyl groups is 1. The predicted octanol–water partition coefficient (Wildman–Crippen LogP) is -1.93. The molecule has 0 aliphatic heterocycles. The molecule has 1 unspecified atom stereocenters. The van der Waals surface area contributed by atoms with Gasteiger partial charge in [-0.25, -0.2) is 14.6 Å². The number of amides is 1. The van der Waals surface area contributed by atoms with Crippen molar-refractivity contribution in [1.82, 2.24) is 5.32 Å². The Balaban J connectivity index is 2.24. The summed E-state index contributed by atoms with van der Waals surface area (Å²) in [7, 11) is -11.5. The Labute approximate surface area is 151 Å². The molecule has 0 spiro atoms. The fourth-order valence-corrected chi connectivity index (χ4v) is 4.23. The minimum Gasteiger partial charge on any atom is -0.682 e. The van der Waals surface area contributed by atoms with Crippen LogP contribution in [0.1, 0.15) is 31.2 Å². The van der Waals surface area contributed by atoms with Crippen LogP contribution < -0.4 is 24.9 Å². The molecule has 148 valence electrons. The average molecular weight is 409 g/mol. The molecule has 0 aliphatic rings. The van der Waals surface area contributed by atoms with Crippen LogP contribution in [0.2, 0.25) is 0 Å². The SMILES string of the molecule is O=C(NCCCCCC(O)([P+]([O-])([O-])[O-])[P+]([O-])(O)O)OCc1ccccc1. The van der Waals surface area contributed by atoms with Crippen LogP contribution >= 0.6 is 15.9 Å². The van der Waals surface area contributed by atoms with Crippen molar-refractivity contribution in [3.8, 4) is 0 Å². The van der Waals surface area contributed by atoms with Gasteiger partial charge in [-0.2, -0.15) is 0 Å². The molecule has 0 bridgehead atoms. The Morgan fingerprint density at radius 1 is 1.08 bits per heavy atom. The van der Waals surface area contributed by atoms with Crippen molar-refractivity contribution in [2.75, 3.05) is 6.54 Å². The molecule has 0 aromatic heterocycles. The number of nitrogens with one attached hydrogen (secondary N) is 1.